The fourth-order valence-electron chi connectivity index (χ4n) is 3.69. The Labute approximate surface area is 165 Å². The Balaban J connectivity index is 3.60. The maximum absolute atomic E-state index is 5.57. The summed E-state index contributed by atoms with van der Waals surface area (Å²) >= 11 is 0. The third-order valence-electron chi connectivity index (χ3n) is 5.99. The monoisotopic (exact) mass is 388 g/mol. The SMILES string of the molecule is CCCCCCCCCCCCCCC(C)C(C)C[Si](OC)(OC)OC. The molecule has 0 aromatic rings. The van der Waals surface area contributed by atoms with Crippen LogP contribution in [0, 0.1) is 11.8 Å². The Hall–Kier alpha value is 0.0969. The van der Waals surface area contributed by atoms with Crippen molar-refractivity contribution in [2.24, 2.45) is 11.8 Å². The molecule has 0 amide bonds. The Bertz CT molecular complexity index is 287. The van der Waals surface area contributed by atoms with E-state index in [-0.39, 0.29) is 0 Å². The summed E-state index contributed by atoms with van der Waals surface area (Å²) in [6.07, 6.45) is 18.3. The van der Waals surface area contributed by atoms with Gasteiger partial charge < -0.3 is 13.3 Å². The van der Waals surface area contributed by atoms with Crippen LogP contribution < -0.4 is 0 Å². The summed E-state index contributed by atoms with van der Waals surface area (Å²) in [5.41, 5.74) is 0. The molecule has 0 rings (SSSR count). The van der Waals surface area contributed by atoms with E-state index < -0.39 is 8.80 Å². The lowest BCUT2D eigenvalue weighted by molar-refractivity contribution is 0.114. The van der Waals surface area contributed by atoms with E-state index in [0.29, 0.717) is 11.8 Å². The Kier molecular flexibility index (Phi) is 17.3. The zero-order valence-electron chi connectivity index (χ0n) is 18.8. The molecule has 0 aliphatic carbocycles. The van der Waals surface area contributed by atoms with Gasteiger partial charge in [0.05, 0.1) is 0 Å². The molecule has 0 aliphatic heterocycles. The van der Waals surface area contributed by atoms with Gasteiger partial charge in [-0.05, 0) is 11.8 Å². The summed E-state index contributed by atoms with van der Waals surface area (Å²) < 4.78 is 16.7. The average molecular weight is 389 g/mol. The smallest absolute Gasteiger partial charge is 0.377 e. The summed E-state index contributed by atoms with van der Waals surface area (Å²) in [7, 11) is 2.70. The summed E-state index contributed by atoms with van der Waals surface area (Å²) in [5.74, 6) is 1.28. The predicted molar refractivity (Wildman–Crippen MR) is 116 cm³/mol. The number of hydrogen-bond donors (Lipinski definition) is 0. The molecule has 158 valence electrons. The van der Waals surface area contributed by atoms with Crippen molar-refractivity contribution in [2.75, 3.05) is 21.3 Å². The Morgan fingerprint density at radius 1 is 0.577 bits per heavy atom. The molecule has 0 saturated carbocycles. The van der Waals surface area contributed by atoms with Gasteiger partial charge in [-0.25, -0.2) is 0 Å². The van der Waals surface area contributed by atoms with Gasteiger partial charge in [0.15, 0.2) is 0 Å². The van der Waals surface area contributed by atoms with E-state index in [1.165, 1.54) is 83.5 Å². The van der Waals surface area contributed by atoms with Crippen molar-refractivity contribution < 1.29 is 13.3 Å². The lowest BCUT2D eigenvalue weighted by Crippen LogP contribution is -2.44. The van der Waals surface area contributed by atoms with Crippen molar-refractivity contribution in [3.8, 4) is 0 Å². The largest absolute Gasteiger partial charge is 0.500 e. The lowest BCUT2D eigenvalue weighted by Gasteiger charge is -2.29. The topological polar surface area (TPSA) is 27.7 Å². The van der Waals surface area contributed by atoms with Gasteiger partial charge >= 0.3 is 8.80 Å². The van der Waals surface area contributed by atoms with E-state index in [0.717, 1.165) is 6.04 Å². The van der Waals surface area contributed by atoms with Crippen LogP contribution in [0.4, 0.5) is 0 Å². The third-order valence-corrected chi connectivity index (χ3v) is 9.00. The maximum atomic E-state index is 5.57. The molecule has 0 spiro atoms. The quantitative estimate of drug-likeness (QED) is 0.172. The van der Waals surface area contributed by atoms with Gasteiger partial charge in [0.2, 0.25) is 0 Å². The van der Waals surface area contributed by atoms with Crippen LogP contribution in [0.25, 0.3) is 0 Å². The van der Waals surface area contributed by atoms with Crippen molar-refractivity contribution in [1.29, 1.82) is 0 Å². The fourth-order valence-corrected chi connectivity index (χ4v) is 5.88. The molecule has 0 heterocycles. The van der Waals surface area contributed by atoms with Gasteiger partial charge in [-0.1, -0.05) is 104 Å². The molecule has 0 aromatic carbocycles. The molecule has 0 N–H and O–H groups in total. The first-order valence-electron chi connectivity index (χ1n) is 11.2. The van der Waals surface area contributed by atoms with Crippen LogP contribution in [0.5, 0.6) is 0 Å². The third kappa shape index (κ3) is 12.5. The van der Waals surface area contributed by atoms with Crippen molar-refractivity contribution in [3.63, 3.8) is 0 Å². The first-order valence-corrected chi connectivity index (χ1v) is 13.1. The highest BCUT2D eigenvalue weighted by molar-refractivity contribution is 6.60. The molecule has 2 atom stereocenters. The molecule has 0 bridgehead atoms. The second-order valence-electron chi connectivity index (χ2n) is 8.13. The van der Waals surface area contributed by atoms with Gasteiger partial charge in [0.1, 0.15) is 0 Å². The van der Waals surface area contributed by atoms with Gasteiger partial charge in [-0.3, -0.25) is 0 Å². The lowest BCUT2D eigenvalue weighted by atomic mass is 9.92. The van der Waals surface area contributed by atoms with E-state index >= 15 is 0 Å². The van der Waals surface area contributed by atoms with Crippen LogP contribution in [0.1, 0.15) is 104 Å². The molecule has 26 heavy (non-hydrogen) atoms. The molecule has 2 unspecified atom stereocenters. The van der Waals surface area contributed by atoms with Crippen LogP contribution >= 0.6 is 0 Å². The van der Waals surface area contributed by atoms with Gasteiger partial charge in [0, 0.05) is 27.4 Å². The minimum absolute atomic E-state index is 0.578. The summed E-state index contributed by atoms with van der Waals surface area (Å²) in [4.78, 5) is 0. The van der Waals surface area contributed by atoms with E-state index in [9.17, 15) is 0 Å². The summed E-state index contributed by atoms with van der Waals surface area (Å²) in [6.45, 7) is 6.96. The predicted octanol–water partition coefficient (Wildman–Crippen LogP) is 7.23. The van der Waals surface area contributed by atoms with Crippen LogP contribution in [-0.2, 0) is 13.3 Å². The molecule has 0 saturated heterocycles. The second kappa shape index (κ2) is 17.2. The number of rotatable bonds is 19. The van der Waals surface area contributed by atoms with Crippen molar-refractivity contribution in [1.82, 2.24) is 0 Å². The normalized spacial score (nSPS) is 14.5. The maximum Gasteiger partial charge on any atom is 0.500 e. The number of unbranched alkanes of at least 4 members (excludes halogenated alkanes) is 11. The van der Waals surface area contributed by atoms with Gasteiger partial charge in [-0.2, -0.15) is 0 Å². The van der Waals surface area contributed by atoms with E-state index in [1.807, 2.05) is 0 Å². The highest BCUT2D eigenvalue weighted by atomic mass is 28.4. The Morgan fingerprint density at radius 3 is 1.35 bits per heavy atom. The Morgan fingerprint density at radius 2 is 0.962 bits per heavy atom. The van der Waals surface area contributed by atoms with Crippen LogP contribution in [0.3, 0.4) is 0 Å². The van der Waals surface area contributed by atoms with Crippen LogP contribution in [0.2, 0.25) is 6.04 Å². The zero-order valence-corrected chi connectivity index (χ0v) is 19.8. The minimum atomic E-state index is -2.43. The molecule has 0 fully saturated rings. The highest BCUT2D eigenvalue weighted by Crippen LogP contribution is 2.28. The van der Waals surface area contributed by atoms with Crippen LogP contribution in [-0.4, -0.2) is 30.1 Å². The standard InChI is InChI=1S/C22H48O3Si/c1-7-8-9-10-11-12-13-14-15-16-17-18-19-21(2)22(3)20-26(23-4,24-5)25-6/h21-22H,7-20H2,1-6H3. The average Bonchev–Trinajstić information content (AvgIpc) is 2.66. The summed E-state index contributed by atoms with van der Waals surface area (Å²) in [5, 5.41) is 0. The fraction of sp³-hybridized carbons (Fsp3) is 1.00. The second-order valence-corrected chi connectivity index (χ2v) is 11.1. The first-order chi connectivity index (χ1) is 12.5. The van der Waals surface area contributed by atoms with Crippen molar-refractivity contribution in [2.45, 2.75) is 110 Å². The zero-order chi connectivity index (χ0) is 19.7. The van der Waals surface area contributed by atoms with E-state index in [1.54, 1.807) is 21.3 Å². The van der Waals surface area contributed by atoms with Crippen molar-refractivity contribution >= 4 is 8.80 Å². The summed E-state index contributed by atoms with van der Waals surface area (Å²) in [6, 6.07) is 0.913. The van der Waals surface area contributed by atoms with Crippen molar-refractivity contribution in [3.05, 3.63) is 0 Å². The molecule has 0 radical (unpaired) electrons. The van der Waals surface area contributed by atoms with E-state index in [2.05, 4.69) is 20.8 Å². The first kappa shape index (κ1) is 26.1. The molecular weight excluding hydrogens is 340 g/mol. The number of hydrogen-bond acceptors (Lipinski definition) is 3. The van der Waals surface area contributed by atoms with Gasteiger partial charge in [0.25, 0.3) is 0 Å². The molecule has 0 aliphatic rings. The molecule has 4 heteroatoms. The van der Waals surface area contributed by atoms with Gasteiger partial charge in [-0.15, -0.1) is 0 Å². The molecular formula is C22H48O3Si. The minimum Gasteiger partial charge on any atom is -0.377 e. The molecule has 0 aromatic heterocycles. The molecule has 3 nitrogen and oxygen atoms in total. The van der Waals surface area contributed by atoms with E-state index in [4.69, 9.17) is 13.3 Å². The highest BCUT2D eigenvalue weighted by Gasteiger charge is 2.40. The van der Waals surface area contributed by atoms with Crippen LogP contribution in [0.15, 0.2) is 0 Å².